The third-order valence-electron chi connectivity index (χ3n) is 4.86. The zero-order valence-corrected chi connectivity index (χ0v) is 20.0. The third kappa shape index (κ3) is 5.50. The Balaban J connectivity index is 1.69. The molecule has 2 heterocycles. The number of sulfone groups is 1. The number of rotatable bonds is 8. The number of hydrogen-bond donors (Lipinski definition) is 0. The van der Waals surface area contributed by atoms with Crippen LogP contribution < -0.4 is 9.64 Å². The van der Waals surface area contributed by atoms with Gasteiger partial charge >= 0.3 is 0 Å². The number of amides is 1. The Morgan fingerprint density at radius 3 is 2.48 bits per heavy atom. The normalized spacial score (nSPS) is 11.5. The zero-order chi connectivity index (χ0) is 23.4. The fourth-order valence-electron chi connectivity index (χ4n) is 3.30. The number of hydrogen-bond acceptors (Lipinski definition) is 7. The molecule has 1 amide bonds. The average Bonchev–Trinajstić information content (AvgIpc) is 3.24. The van der Waals surface area contributed by atoms with Crippen molar-refractivity contribution in [3.05, 3.63) is 83.1 Å². The molecule has 0 saturated carbocycles. The van der Waals surface area contributed by atoms with Crippen LogP contribution >= 0.6 is 22.9 Å². The largest absolute Gasteiger partial charge is 0.494 e. The molecule has 0 radical (unpaired) electrons. The van der Waals surface area contributed by atoms with Crippen LogP contribution in [0.15, 0.2) is 67.0 Å². The van der Waals surface area contributed by atoms with E-state index in [2.05, 4.69) is 9.97 Å². The number of methoxy groups -OCH3 is 1. The van der Waals surface area contributed by atoms with E-state index in [1.54, 1.807) is 60.9 Å². The fourth-order valence-corrected chi connectivity index (χ4v) is 5.91. The summed E-state index contributed by atoms with van der Waals surface area (Å²) in [4.78, 5) is 23.3. The van der Waals surface area contributed by atoms with Crippen molar-refractivity contribution in [3.63, 3.8) is 0 Å². The van der Waals surface area contributed by atoms with Crippen LogP contribution in [0.1, 0.15) is 11.1 Å². The number of pyridine rings is 1. The summed E-state index contributed by atoms with van der Waals surface area (Å²) in [5.74, 6) is -0.919. The topological polar surface area (TPSA) is 89.5 Å². The Bertz CT molecular complexity index is 1380. The second-order valence-electron chi connectivity index (χ2n) is 7.28. The van der Waals surface area contributed by atoms with Crippen LogP contribution in [0.3, 0.4) is 0 Å². The molecule has 0 unspecified atom stereocenters. The molecule has 0 N–H and O–H groups in total. The van der Waals surface area contributed by atoms with Crippen molar-refractivity contribution in [2.75, 3.05) is 17.8 Å². The molecule has 10 heteroatoms. The highest BCUT2D eigenvalue weighted by Crippen LogP contribution is 2.39. The highest BCUT2D eigenvalue weighted by Gasteiger charge is 2.27. The number of fused-ring (bicyclic) bond motifs is 1. The summed E-state index contributed by atoms with van der Waals surface area (Å²) < 4.78 is 31.7. The second-order valence-corrected chi connectivity index (χ2v) is 10.7. The summed E-state index contributed by atoms with van der Waals surface area (Å²) in [6.45, 7) is 0.141. The minimum absolute atomic E-state index is 0.141. The van der Waals surface area contributed by atoms with E-state index in [0.29, 0.717) is 31.7 Å². The van der Waals surface area contributed by atoms with Crippen molar-refractivity contribution >= 4 is 54.0 Å². The molecule has 0 spiro atoms. The Hall–Kier alpha value is -3.01. The van der Waals surface area contributed by atoms with Crippen LogP contribution in [0.4, 0.5) is 5.13 Å². The molecule has 0 bridgehead atoms. The molecule has 170 valence electrons. The third-order valence-corrected chi connectivity index (χ3v) is 7.86. The van der Waals surface area contributed by atoms with Gasteiger partial charge < -0.3 is 4.74 Å². The van der Waals surface area contributed by atoms with Crippen molar-refractivity contribution in [3.8, 4) is 5.75 Å². The first-order valence-electron chi connectivity index (χ1n) is 9.93. The predicted octanol–water partition coefficient (Wildman–Crippen LogP) is 4.50. The maximum absolute atomic E-state index is 13.3. The highest BCUT2D eigenvalue weighted by molar-refractivity contribution is 7.91. The number of nitrogens with zero attached hydrogens (tertiary/aromatic N) is 3. The summed E-state index contributed by atoms with van der Waals surface area (Å²) in [6, 6.07) is 15.7. The van der Waals surface area contributed by atoms with E-state index in [-0.39, 0.29) is 12.3 Å². The lowest BCUT2D eigenvalue weighted by Gasteiger charge is -2.20. The van der Waals surface area contributed by atoms with Gasteiger partial charge in [0.15, 0.2) is 15.0 Å². The van der Waals surface area contributed by atoms with Crippen molar-refractivity contribution in [2.24, 2.45) is 0 Å². The molecular weight excluding hydrogens is 482 g/mol. The van der Waals surface area contributed by atoms with Gasteiger partial charge in [0.1, 0.15) is 17.0 Å². The molecule has 0 fully saturated rings. The van der Waals surface area contributed by atoms with E-state index >= 15 is 0 Å². The van der Waals surface area contributed by atoms with E-state index in [1.807, 2.05) is 6.07 Å². The Morgan fingerprint density at radius 1 is 1.06 bits per heavy atom. The zero-order valence-electron chi connectivity index (χ0n) is 17.6. The first-order valence-corrected chi connectivity index (χ1v) is 12.9. The Kier molecular flexibility index (Phi) is 6.92. The summed E-state index contributed by atoms with van der Waals surface area (Å²) in [6.07, 6.45) is 3.23. The molecule has 4 aromatic rings. The van der Waals surface area contributed by atoms with E-state index in [1.165, 1.54) is 23.3 Å². The average molecular weight is 502 g/mol. The van der Waals surface area contributed by atoms with Gasteiger partial charge in [0.25, 0.3) is 0 Å². The van der Waals surface area contributed by atoms with E-state index < -0.39 is 21.5 Å². The highest BCUT2D eigenvalue weighted by atomic mass is 35.5. The van der Waals surface area contributed by atoms with Crippen LogP contribution in [0.5, 0.6) is 5.75 Å². The number of carbonyl (C=O) groups is 1. The quantitative estimate of drug-likeness (QED) is 0.353. The summed E-state index contributed by atoms with van der Waals surface area (Å²) >= 11 is 7.56. The van der Waals surface area contributed by atoms with Gasteiger partial charge in [-0.25, -0.2) is 13.4 Å². The van der Waals surface area contributed by atoms with Gasteiger partial charge in [0.05, 0.1) is 29.1 Å². The molecule has 2 aromatic carbocycles. The van der Waals surface area contributed by atoms with Gasteiger partial charge in [-0.3, -0.25) is 14.7 Å². The fraction of sp³-hybridized carbons (Fsp3) is 0.174. The predicted molar refractivity (Wildman–Crippen MR) is 131 cm³/mol. The SMILES string of the molecule is COc1ccc(Cl)c2sc(N(Cc3ccncc3)C(=O)CS(=O)(=O)Cc3ccccc3)nc12. The van der Waals surface area contributed by atoms with Crippen molar-refractivity contribution in [1.29, 1.82) is 0 Å². The summed E-state index contributed by atoms with van der Waals surface area (Å²) in [5, 5.41) is 0.815. The molecule has 0 saturated heterocycles. The van der Waals surface area contributed by atoms with E-state index in [0.717, 1.165) is 5.56 Å². The van der Waals surface area contributed by atoms with Gasteiger partial charge in [0.2, 0.25) is 5.91 Å². The molecule has 4 rings (SSSR count). The van der Waals surface area contributed by atoms with E-state index in [9.17, 15) is 13.2 Å². The number of anilines is 1. The number of carbonyl (C=O) groups excluding carboxylic acids is 1. The molecule has 33 heavy (non-hydrogen) atoms. The summed E-state index contributed by atoms with van der Waals surface area (Å²) in [5.41, 5.74) is 1.93. The van der Waals surface area contributed by atoms with Gasteiger partial charge in [-0.1, -0.05) is 53.3 Å². The van der Waals surface area contributed by atoms with Gasteiger partial charge in [-0.15, -0.1) is 0 Å². The molecule has 0 aliphatic heterocycles. The van der Waals surface area contributed by atoms with Crippen LogP contribution in [0.25, 0.3) is 10.2 Å². The first kappa shape index (κ1) is 23.2. The van der Waals surface area contributed by atoms with Crippen LogP contribution in [-0.2, 0) is 26.9 Å². The number of thiazole rings is 1. The number of aromatic nitrogens is 2. The molecule has 7 nitrogen and oxygen atoms in total. The van der Waals surface area contributed by atoms with Gasteiger partial charge in [0, 0.05) is 12.4 Å². The van der Waals surface area contributed by atoms with Crippen LogP contribution in [0, 0.1) is 0 Å². The van der Waals surface area contributed by atoms with E-state index in [4.69, 9.17) is 16.3 Å². The molecule has 0 atom stereocenters. The number of halogens is 1. The Morgan fingerprint density at radius 2 is 1.79 bits per heavy atom. The molecule has 2 aromatic heterocycles. The van der Waals surface area contributed by atoms with Crippen LogP contribution in [-0.4, -0.2) is 37.2 Å². The van der Waals surface area contributed by atoms with Gasteiger partial charge in [-0.05, 0) is 35.4 Å². The smallest absolute Gasteiger partial charge is 0.244 e. The first-order chi connectivity index (χ1) is 15.9. The van der Waals surface area contributed by atoms with Gasteiger partial charge in [-0.2, -0.15) is 0 Å². The maximum atomic E-state index is 13.3. The standard InChI is InChI=1S/C23H20ClN3O4S2/c1-31-19-8-7-18(24)22-21(19)26-23(32-22)27(13-16-9-11-25-12-10-16)20(28)15-33(29,30)14-17-5-3-2-4-6-17/h2-12H,13-15H2,1H3. The van der Waals surface area contributed by atoms with Crippen molar-refractivity contribution in [2.45, 2.75) is 12.3 Å². The number of ether oxygens (including phenoxy) is 1. The second kappa shape index (κ2) is 9.86. The lowest BCUT2D eigenvalue weighted by Crippen LogP contribution is -2.35. The van der Waals surface area contributed by atoms with Crippen LogP contribution in [0.2, 0.25) is 5.02 Å². The molecule has 0 aliphatic rings. The lowest BCUT2D eigenvalue weighted by atomic mass is 10.2. The lowest BCUT2D eigenvalue weighted by molar-refractivity contribution is -0.116. The minimum Gasteiger partial charge on any atom is -0.494 e. The van der Waals surface area contributed by atoms with Crippen molar-refractivity contribution < 1.29 is 17.9 Å². The minimum atomic E-state index is -3.71. The van der Waals surface area contributed by atoms with Crippen molar-refractivity contribution in [1.82, 2.24) is 9.97 Å². The molecule has 0 aliphatic carbocycles. The maximum Gasteiger partial charge on any atom is 0.244 e. The number of benzene rings is 2. The monoisotopic (exact) mass is 501 g/mol. The summed E-state index contributed by atoms with van der Waals surface area (Å²) in [7, 11) is -2.18. The Labute approximate surface area is 200 Å². The molecular formula is C23H20ClN3O4S2.